The number of benzene rings is 2. The zero-order valence-electron chi connectivity index (χ0n) is 19.6. The molecule has 6 nitrogen and oxygen atoms in total. The number of fused-ring (bicyclic) bond motifs is 1. The lowest BCUT2D eigenvalue weighted by Crippen LogP contribution is -2.28. The molecule has 1 aliphatic heterocycles. The van der Waals surface area contributed by atoms with Crippen LogP contribution in [0.3, 0.4) is 0 Å². The number of halogens is 3. The van der Waals surface area contributed by atoms with E-state index in [2.05, 4.69) is 10.3 Å². The molecule has 4 aromatic rings. The number of aromatic nitrogens is 2. The smallest absolute Gasteiger partial charge is 0.348 e. The highest BCUT2D eigenvalue weighted by Crippen LogP contribution is 2.37. The Hall–Kier alpha value is -3.98. The topological polar surface area (TPSA) is 80.1 Å². The maximum absolute atomic E-state index is 13.5. The second-order valence-corrected chi connectivity index (χ2v) is 8.69. The number of pyridine rings is 1. The monoisotopic (exact) mass is 490 g/mol. The number of aliphatic imine (C=N–C) groups is 2. The number of nitrogens with one attached hydrogen (secondary N) is 1. The van der Waals surface area contributed by atoms with Crippen LogP contribution in [0.5, 0.6) is 0 Å². The lowest BCUT2D eigenvalue weighted by Gasteiger charge is -2.21. The van der Waals surface area contributed by atoms with E-state index in [0.717, 1.165) is 23.3 Å². The first-order valence-corrected chi connectivity index (χ1v) is 11.6. The van der Waals surface area contributed by atoms with Crippen LogP contribution in [-0.4, -0.2) is 21.6 Å². The second-order valence-electron chi connectivity index (χ2n) is 8.69. The molecule has 184 valence electrons. The summed E-state index contributed by atoms with van der Waals surface area (Å²) >= 11 is 0. The number of hydrogen-bond acceptors (Lipinski definition) is 5. The van der Waals surface area contributed by atoms with Gasteiger partial charge in [0.05, 0.1) is 23.0 Å². The van der Waals surface area contributed by atoms with Crippen molar-refractivity contribution in [3.05, 3.63) is 95.3 Å². The van der Waals surface area contributed by atoms with Gasteiger partial charge in [-0.25, -0.2) is 15.0 Å². The van der Waals surface area contributed by atoms with Gasteiger partial charge in [-0.3, -0.25) is 0 Å². The fourth-order valence-corrected chi connectivity index (χ4v) is 4.34. The Labute approximate surface area is 206 Å². The van der Waals surface area contributed by atoms with E-state index in [1.54, 1.807) is 12.3 Å². The molecule has 1 unspecified atom stereocenters. The molecule has 3 N–H and O–H groups in total. The molecule has 0 radical (unpaired) electrons. The molecule has 5 rings (SSSR count). The molecule has 9 heteroatoms. The van der Waals surface area contributed by atoms with Gasteiger partial charge in [0, 0.05) is 30.9 Å². The lowest BCUT2D eigenvalue weighted by atomic mass is 10.0. The van der Waals surface area contributed by atoms with Crippen molar-refractivity contribution in [2.45, 2.75) is 38.1 Å². The van der Waals surface area contributed by atoms with Gasteiger partial charge < -0.3 is 15.5 Å². The molecule has 1 aliphatic rings. The Morgan fingerprint density at radius 1 is 1.08 bits per heavy atom. The average molecular weight is 491 g/mol. The molecular formula is C27H25F3N6. The first-order valence-electron chi connectivity index (χ1n) is 11.6. The molecule has 0 spiro atoms. The Kier molecular flexibility index (Phi) is 6.32. The van der Waals surface area contributed by atoms with Gasteiger partial charge in [-0.15, -0.1) is 0 Å². The molecule has 36 heavy (non-hydrogen) atoms. The molecule has 3 heterocycles. The summed E-state index contributed by atoms with van der Waals surface area (Å²) in [6.07, 6.45) is -0.324. The molecule has 0 amide bonds. The summed E-state index contributed by atoms with van der Waals surface area (Å²) < 4.78 is 42.3. The van der Waals surface area contributed by atoms with Crippen LogP contribution in [-0.2, 0) is 12.7 Å². The summed E-state index contributed by atoms with van der Waals surface area (Å²) in [6, 6.07) is 18.4. The van der Waals surface area contributed by atoms with E-state index in [1.807, 2.05) is 60.0 Å². The molecular weight excluding hydrogens is 465 g/mol. The van der Waals surface area contributed by atoms with Gasteiger partial charge in [-0.1, -0.05) is 48.5 Å². The van der Waals surface area contributed by atoms with Crippen molar-refractivity contribution in [3.8, 4) is 11.3 Å². The van der Waals surface area contributed by atoms with Crippen LogP contribution in [0.1, 0.15) is 47.8 Å². The van der Waals surface area contributed by atoms with Crippen molar-refractivity contribution >= 4 is 17.8 Å². The number of alkyl halides is 3. The summed E-state index contributed by atoms with van der Waals surface area (Å²) in [7, 11) is 0. The van der Waals surface area contributed by atoms with Crippen LogP contribution in [0.25, 0.3) is 16.9 Å². The quantitative estimate of drug-likeness (QED) is 0.377. The SMILES string of the molecule is C[C@H](NC1=NC(c2c(-c3cccc(C(F)(F)F)c3)nc3ccc(CN)cn23)CC=N1)c1ccccc1. The molecule has 2 aromatic heterocycles. The van der Waals surface area contributed by atoms with E-state index >= 15 is 0 Å². The summed E-state index contributed by atoms with van der Waals surface area (Å²) in [4.78, 5) is 14.0. The summed E-state index contributed by atoms with van der Waals surface area (Å²) in [5.41, 5.74) is 9.24. The fourth-order valence-electron chi connectivity index (χ4n) is 4.34. The third kappa shape index (κ3) is 4.74. The number of nitrogens with zero attached hydrogens (tertiary/aromatic N) is 4. The van der Waals surface area contributed by atoms with Crippen molar-refractivity contribution in [1.82, 2.24) is 14.7 Å². The summed E-state index contributed by atoms with van der Waals surface area (Å²) in [5, 5.41) is 3.34. The van der Waals surface area contributed by atoms with Gasteiger partial charge in [-0.05, 0) is 36.2 Å². The largest absolute Gasteiger partial charge is 0.416 e. The maximum atomic E-state index is 13.5. The first-order chi connectivity index (χ1) is 17.3. The summed E-state index contributed by atoms with van der Waals surface area (Å²) in [6.45, 7) is 2.34. The average Bonchev–Trinajstić information content (AvgIpc) is 3.27. The van der Waals surface area contributed by atoms with Crippen LogP contribution in [0.4, 0.5) is 13.2 Å². The summed E-state index contributed by atoms with van der Waals surface area (Å²) in [5.74, 6) is 0.461. The van der Waals surface area contributed by atoms with E-state index < -0.39 is 17.8 Å². The van der Waals surface area contributed by atoms with Gasteiger partial charge >= 0.3 is 6.18 Å². The van der Waals surface area contributed by atoms with E-state index in [9.17, 15) is 13.2 Å². The molecule has 0 bridgehead atoms. The molecule has 2 atom stereocenters. The molecule has 0 aliphatic carbocycles. The number of guanidine groups is 1. The van der Waals surface area contributed by atoms with Crippen LogP contribution in [0.2, 0.25) is 0 Å². The second kappa shape index (κ2) is 9.58. The Balaban J connectivity index is 1.59. The molecule has 2 aromatic carbocycles. The van der Waals surface area contributed by atoms with Gasteiger partial charge in [0.1, 0.15) is 11.7 Å². The van der Waals surface area contributed by atoms with Crippen molar-refractivity contribution in [1.29, 1.82) is 0 Å². The molecule has 0 saturated carbocycles. The van der Waals surface area contributed by atoms with Crippen LogP contribution in [0, 0.1) is 0 Å². The van der Waals surface area contributed by atoms with E-state index in [0.29, 0.717) is 41.5 Å². The predicted octanol–water partition coefficient (Wildman–Crippen LogP) is 5.70. The third-order valence-electron chi connectivity index (χ3n) is 6.20. The highest BCUT2D eigenvalue weighted by atomic mass is 19.4. The molecule has 0 saturated heterocycles. The van der Waals surface area contributed by atoms with E-state index in [1.165, 1.54) is 6.07 Å². The minimum atomic E-state index is -4.46. The maximum Gasteiger partial charge on any atom is 0.416 e. The Bertz CT molecular complexity index is 1440. The highest BCUT2D eigenvalue weighted by molar-refractivity contribution is 5.90. The van der Waals surface area contributed by atoms with Gasteiger partial charge in [0.15, 0.2) is 0 Å². The Morgan fingerprint density at radius 3 is 2.64 bits per heavy atom. The zero-order chi connectivity index (χ0) is 25.3. The first kappa shape index (κ1) is 23.7. The van der Waals surface area contributed by atoms with Crippen molar-refractivity contribution in [2.75, 3.05) is 0 Å². The number of hydrogen-bond donors (Lipinski definition) is 2. The fraction of sp³-hybridized carbons (Fsp3) is 0.222. The highest BCUT2D eigenvalue weighted by Gasteiger charge is 2.32. The Morgan fingerprint density at radius 2 is 1.89 bits per heavy atom. The number of nitrogens with two attached hydrogens (primary N) is 1. The number of imidazole rings is 1. The van der Waals surface area contributed by atoms with Crippen molar-refractivity contribution < 1.29 is 13.2 Å². The van der Waals surface area contributed by atoms with Gasteiger partial charge in [0.25, 0.3) is 0 Å². The van der Waals surface area contributed by atoms with Crippen LogP contribution < -0.4 is 11.1 Å². The minimum Gasteiger partial charge on any atom is -0.348 e. The number of rotatable bonds is 5. The lowest BCUT2D eigenvalue weighted by molar-refractivity contribution is -0.137. The van der Waals surface area contributed by atoms with Crippen molar-refractivity contribution in [2.24, 2.45) is 15.7 Å². The molecule has 0 fully saturated rings. The normalized spacial score (nSPS) is 16.7. The third-order valence-corrected chi connectivity index (χ3v) is 6.20. The van der Waals surface area contributed by atoms with E-state index in [4.69, 9.17) is 15.7 Å². The van der Waals surface area contributed by atoms with Gasteiger partial charge in [-0.2, -0.15) is 13.2 Å². The standard InChI is InChI=1S/C27H25F3N6/c1-17(19-6-3-2-4-7-19)33-26-32-13-12-22(34-26)25-24(20-8-5-9-21(14-20)27(28,29)30)35-23-11-10-18(15-31)16-36(23)25/h2-11,13-14,16-17,22H,12,15,31H2,1H3,(H,33,34)/t17-,22?/m0/s1. The predicted molar refractivity (Wildman–Crippen MR) is 135 cm³/mol. The van der Waals surface area contributed by atoms with Crippen molar-refractivity contribution in [3.63, 3.8) is 0 Å². The van der Waals surface area contributed by atoms with Crippen LogP contribution >= 0.6 is 0 Å². The van der Waals surface area contributed by atoms with E-state index in [-0.39, 0.29) is 6.04 Å². The minimum absolute atomic E-state index is 0.0326. The van der Waals surface area contributed by atoms with Gasteiger partial charge in [0.2, 0.25) is 5.96 Å². The van der Waals surface area contributed by atoms with Crippen LogP contribution in [0.15, 0.2) is 82.9 Å². The zero-order valence-corrected chi connectivity index (χ0v) is 19.6.